The number of carbonyl (C=O) groups excluding carboxylic acids is 5. The van der Waals surface area contributed by atoms with Crippen LogP contribution in [0.1, 0.15) is 71.9 Å². The van der Waals surface area contributed by atoms with Gasteiger partial charge in [-0.05, 0) is 78.5 Å². The average molecular weight is 898 g/mol. The number of piperazine rings is 2. The molecule has 1 unspecified atom stereocenters. The van der Waals surface area contributed by atoms with Crippen LogP contribution in [0.15, 0.2) is 96.7 Å². The van der Waals surface area contributed by atoms with E-state index in [-0.39, 0.29) is 25.1 Å². The topological polar surface area (TPSA) is 180 Å². The largest absolute Gasteiger partial charge is 0.444 e. The number of hydrogen-bond acceptors (Lipinski definition) is 12. The normalized spacial score (nSPS) is 19.0. The van der Waals surface area contributed by atoms with Crippen LogP contribution in [0.25, 0.3) is 0 Å². The average Bonchev–Trinajstić information content (AvgIpc) is 4.06. The third-order valence-electron chi connectivity index (χ3n) is 10.5. The number of rotatable bonds is 13. The van der Waals surface area contributed by atoms with Gasteiger partial charge in [0.1, 0.15) is 17.2 Å². The maximum Gasteiger partial charge on any atom is 0.418 e. The lowest BCUT2D eigenvalue weighted by Gasteiger charge is -2.36. The van der Waals surface area contributed by atoms with Gasteiger partial charge in [0.25, 0.3) is 0 Å². The van der Waals surface area contributed by atoms with E-state index in [0.29, 0.717) is 45.2 Å². The number of nitrogens with one attached hydrogen (secondary N) is 2. The van der Waals surface area contributed by atoms with E-state index in [4.69, 9.17) is 9.47 Å². The Hall–Kier alpha value is -6.07. The standard InChI is InChI=1S/C23H33N5O3.C14H18N2.C11H16N2O5/c1-23(2,3)31-22(30)28-15-11-25-20(17-28)21(29)27(16-19-8-5-4-6-9-19)13-7-12-26-14-10-24-18-26;1-2-5-13(6-3-1)11-15-9-4-7-14-8-10-16-12-14;1-11(2,3)18-9(15)12-4-5-13-7(6-12)8(14)17-10(13)16/h4-6,8-10,14,18,20,25H,7,11-13,15-17H2,1-3H3;1-3,5-6,8,10,12,14-15H,4,7,9,11H2;7H,4-6H2,1-3H3/t20-;;7-/m1.1/s1. The number of amides is 4. The van der Waals surface area contributed by atoms with E-state index >= 15 is 0 Å². The lowest BCUT2D eigenvalue weighted by Crippen LogP contribution is -2.59. The smallest absolute Gasteiger partial charge is 0.418 e. The molecule has 352 valence electrons. The van der Waals surface area contributed by atoms with Crippen LogP contribution in [0.4, 0.5) is 14.4 Å². The molecule has 3 fully saturated rings. The molecule has 2 N–H and O–H groups in total. The SMILES string of the molecule is C1=CC(CCCNCc2ccccc2)C=N1.CC(C)(C)OC(=O)N1CCN2C(=O)OC(=O)[C@H]2C1.CC(C)(C)OC(=O)N1CCN[C@@H](C(=O)N(CCCn2ccnc2)Cc2ccccc2)C1. The summed E-state index contributed by atoms with van der Waals surface area (Å²) in [5.74, 6) is -0.0328. The number of allylic oxidation sites excluding steroid dienone is 1. The molecule has 5 heterocycles. The zero-order chi connectivity index (χ0) is 46.8. The van der Waals surface area contributed by atoms with E-state index in [2.05, 4.69) is 61.8 Å². The second-order valence-electron chi connectivity index (χ2n) is 18.3. The van der Waals surface area contributed by atoms with E-state index in [1.54, 1.807) is 38.2 Å². The zero-order valence-corrected chi connectivity index (χ0v) is 38.8. The second kappa shape index (κ2) is 24.3. The van der Waals surface area contributed by atoms with Gasteiger partial charge in [0.15, 0.2) is 6.04 Å². The molecule has 65 heavy (non-hydrogen) atoms. The Balaban J connectivity index is 0.000000198. The summed E-state index contributed by atoms with van der Waals surface area (Å²) >= 11 is 0. The third kappa shape index (κ3) is 17.1. The molecule has 0 aliphatic carbocycles. The minimum Gasteiger partial charge on any atom is -0.444 e. The summed E-state index contributed by atoms with van der Waals surface area (Å²) in [4.78, 5) is 74.8. The van der Waals surface area contributed by atoms with Crippen molar-refractivity contribution in [3.05, 3.63) is 103 Å². The van der Waals surface area contributed by atoms with Crippen molar-refractivity contribution in [1.29, 1.82) is 0 Å². The van der Waals surface area contributed by atoms with Gasteiger partial charge in [0.2, 0.25) is 5.91 Å². The van der Waals surface area contributed by atoms with Crippen molar-refractivity contribution in [3.63, 3.8) is 0 Å². The molecule has 4 amide bonds. The highest BCUT2D eigenvalue weighted by Crippen LogP contribution is 2.21. The van der Waals surface area contributed by atoms with Gasteiger partial charge in [-0.3, -0.25) is 14.7 Å². The van der Waals surface area contributed by atoms with Gasteiger partial charge in [0.05, 0.1) is 12.9 Å². The van der Waals surface area contributed by atoms with Gasteiger partial charge in [0, 0.05) is 89.6 Å². The fraction of sp³-hybridized carbons (Fsp3) is 0.521. The molecule has 0 bridgehead atoms. The van der Waals surface area contributed by atoms with Crippen molar-refractivity contribution < 1.29 is 38.2 Å². The van der Waals surface area contributed by atoms with Gasteiger partial charge in [-0.15, -0.1) is 0 Å². The van der Waals surface area contributed by atoms with Crippen LogP contribution in [0.5, 0.6) is 0 Å². The van der Waals surface area contributed by atoms with Crippen LogP contribution in [-0.2, 0) is 43.4 Å². The maximum absolute atomic E-state index is 13.4. The molecule has 17 heteroatoms. The van der Waals surface area contributed by atoms with E-state index in [1.165, 1.54) is 28.2 Å². The molecule has 0 radical (unpaired) electrons. The summed E-state index contributed by atoms with van der Waals surface area (Å²) in [6.45, 7) is 17.0. The summed E-state index contributed by atoms with van der Waals surface area (Å²) in [6.07, 6.45) is 13.3. The quantitative estimate of drug-likeness (QED) is 0.0908. The summed E-state index contributed by atoms with van der Waals surface area (Å²) in [6, 6.07) is 19.4. The molecule has 7 rings (SSSR count). The number of benzene rings is 2. The number of fused-ring (bicyclic) bond motifs is 1. The molecule has 3 aromatic rings. The van der Waals surface area contributed by atoms with Crippen LogP contribution in [-0.4, -0.2) is 141 Å². The van der Waals surface area contributed by atoms with E-state index in [0.717, 1.165) is 31.6 Å². The summed E-state index contributed by atoms with van der Waals surface area (Å²) in [7, 11) is 0. The minimum absolute atomic E-state index is 0.00254. The van der Waals surface area contributed by atoms with E-state index in [1.807, 2.05) is 79.2 Å². The van der Waals surface area contributed by atoms with Crippen molar-refractivity contribution in [2.24, 2.45) is 10.9 Å². The van der Waals surface area contributed by atoms with Crippen molar-refractivity contribution in [3.8, 4) is 0 Å². The molecule has 3 saturated heterocycles. The maximum atomic E-state index is 13.4. The molecule has 2 aromatic carbocycles. The number of cyclic esters (lactones) is 2. The number of carbonyl (C=O) groups is 5. The summed E-state index contributed by atoms with van der Waals surface area (Å²) in [5, 5.41) is 6.74. The molecule has 0 spiro atoms. The molecule has 0 saturated carbocycles. The van der Waals surface area contributed by atoms with E-state index < -0.39 is 41.4 Å². The summed E-state index contributed by atoms with van der Waals surface area (Å²) < 4.78 is 17.2. The van der Waals surface area contributed by atoms with Crippen LogP contribution in [0.3, 0.4) is 0 Å². The first-order chi connectivity index (χ1) is 31.0. The van der Waals surface area contributed by atoms with Crippen LogP contribution < -0.4 is 10.6 Å². The molecular weight excluding hydrogens is 831 g/mol. The van der Waals surface area contributed by atoms with Gasteiger partial charge >= 0.3 is 24.2 Å². The van der Waals surface area contributed by atoms with Gasteiger partial charge in [-0.2, -0.15) is 0 Å². The fourth-order valence-corrected chi connectivity index (χ4v) is 7.30. The number of hydrogen-bond donors (Lipinski definition) is 2. The van der Waals surface area contributed by atoms with Crippen LogP contribution >= 0.6 is 0 Å². The molecule has 1 aromatic heterocycles. The zero-order valence-electron chi connectivity index (χ0n) is 38.8. The van der Waals surface area contributed by atoms with Gasteiger partial charge in [-0.25, -0.2) is 24.2 Å². The molecule has 4 aliphatic rings. The molecule has 4 aliphatic heterocycles. The molecule has 3 atom stereocenters. The minimum atomic E-state index is -0.696. The molecule has 17 nitrogen and oxygen atoms in total. The van der Waals surface area contributed by atoms with Crippen molar-refractivity contribution in [2.45, 2.75) is 104 Å². The van der Waals surface area contributed by atoms with Crippen LogP contribution in [0.2, 0.25) is 0 Å². The highest BCUT2D eigenvalue weighted by atomic mass is 16.6. The number of aryl methyl sites for hydroxylation is 1. The lowest BCUT2D eigenvalue weighted by atomic mass is 10.1. The number of aromatic nitrogens is 2. The van der Waals surface area contributed by atoms with Crippen molar-refractivity contribution in [1.82, 2.24) is 39.8 Å². The first kappa shape index (κ1) is 49.9. The number of esters is 1. The first-order valence-electron chi connectivity index (χ1n) is 22.5. The number of imidazole rings is 1. The Morgan fingerprint density at radius 3 is 2.14 bits per heavy atom. The first-order valence-corrected chi connectivity index (χ1v) is 22.5. The summed E-state index contributed by atoms with van der Waals surface area (Å²) in [5.41, 5.74) is 1.29. The van der Waals surface area contributed by atoms with Crippen molar-refractivity contribution in [2.75, 3.05) is 52.4 Å². The number of ether oxygens (including phenoxy) is 3. The monoisotopic (exact) mass is 898 g/mol. The third-order valence-corrected chi connectivity index (χ3v) is 10.5. The van der Waals surface area contributed by atoms with Crippen LogP contribution in [0, 0.1) is 5.92 Å². The van der Waals surface area contributed by atoms with Gasteiger partial charge < -0.3 is 44.1 Å². The Kier molecular flexibility index (Phi) is 18.7. The highest BCUT2D eigenvalue weighted by molar-refractivity contribution is 5.96. The number of aliphatic imine (C=N–C) groups is 1. The second-order valence-corrected chi connectivity index (χ2v) is 18.3. The lowest BCUT2D eigenvalue weighted by molar-refractivity contribution is -0.137. The Bertz CT molecular complexity index is 2020. The highest BCUT2D eigenvalue weighted by Gasteiger charge is 2.46. The fourth-order valence-electron chi connectivity index (χ4n) is 7.30. The predicted molar refractivity (Wildman–Crippen MR) is 247 cm³/mol. The Morgan fingerprint density at radius 2 is 1.52 bits per heavy atom. The number of nitrogens with zero attached hydrogens (tertiary/aromatic N) is 7. The Morgan fingerprint density at radius 1 is 0.862 bits per heavy atom. The Labute approximate surface area is 383 Å². The van der Waals surface area contributed by atoms with Crippen molar-refractivity contribution >= 4 is 36.4 Å². The van der Waals surface area contributed by atoms with E-state index in [9.17, 15) is 24.0 Å². The predicted octanol–water partition coefficient (Wildman–Crippen LogP) is 5.87. The van der Waals surface area contributed by atoms with Gasteiger partial charge in [-0.1, -0.05) is 66.7 Å². The molecular formula is C48H67N9O8.